The summed E-state index contributed by atoms with van der Waals surface area (Å²) < 4.78 is 3.83. The third-order valence-electron chi connectivity index (χ3n) is 1.47. The first-order valence-electron chi connectivity index (χ1n) is 3.28. The Morgan fingerprint density at radius 2 is 2.10 bits per heavy atom. The summed E-state index contributed by atoms with van der Waals surface area (Å²) in [5.74, 6) is 0.580. The van der Waals surface area contributed by atoms with Crippen LogP contribution in [0, 0.1) is 6.92 Å². The smallest absolute Gasteiger partial charge is 0.226 e. The van der Waals surface area contributed by atoms with Crippen molar-refractivity contribution in [1.82, 2.24) is 4.37 Å². The summed E-state index contributed by atoms with van der Waals surface area (Å²) in [6, 6.07) is 0. The van der Waals surface area contributed by atoms with E-state index in [1.807, 2.05) is 6.92 Å². The second-order valence-electron chi connectivity index (χ2n) is 2.63. The number of aromatic nitrogens is 1. The summed E-state index contributed by atoms with van der Waals surface area (Å²) in [5, 5.41) is 9.20. The van der Waals surface area contributed by atoms with Crippen LogP contribution >= 0.6 is 11.5 Å². The van der Waals surface area contributed by atoms with Crippen molar-refractivity contribution < 1.29 is 5.11 Å². The lowest BCUT2D eigenvalue weighted by Crippen LogP contribution is -1.86. The highest BCUT2D eigenvalue weighted by Gasteiger charge is 2.11. The van der Waals surface area contributed by atoms with Gasteiger partial charge in [-0.05, 0) is 24.4 Å². The molecule has 1 aromatic rings. The predicted octanol–water partition coefficient (Wildman–Crippen LogP) is 2.28. The van der Waals surface area contributed by atoms with E-state index in [1.54, 1.807) is 0 Å². The molecule has 0 unspecified atom stereocenters. The highest BCUT2D eigenvalue weighted by Crippen LogP contribution is 2.30. The fourth-order valence-corrected chi connectivity index (χ4v) is 1.78. The zero-order chi connectivity index (χ0) is 7.72. The minimum atomic E-state index is 0.206. The van der Waals surface area contributed by atoms with E-state index in [0.717, 1.165) is 10.4 Å². The Bertz CT molecular complexity index is 210. The van der Waals surface area contributed by atoms with Gasteiger partial charge in [-0.15, -0.1) is 0 Å². The predicted molar refractivity (Wildman–Crippen MR) is 42.6 cm³/mol. The van der Waals surface area contributed by atoms with Crippen LogP contribution in [0.4, 0.5) is 0 Å². The molecule has 0 radical (unpaired) electrons. The Labute approximate surface area is 64.7 Å². The van der Waals surface area contributed by atoms with Gasteiger partial charge < -0.3 is 5.11 Å². The Morgan fingerprint density at radius 3 is 2.30 bits per heavy atom. The van der Waals surface area contributed by atoms with Gasteiger partial charge in [0.15, 0.2) is 0 Å². The highest BCUT2D eigenvalue weighted by molar-refractivity contribution is 7.06. The molecule has 0 aliphatic rings. The van der Waals surface area contributed by atoms with E-state index in [9.17, 15) is 5.11 Å². The Balaban J connectivity index is 3.10. The Hall–Kier alpha value is -0.570. The van der Waals surface area contributed by atoms with Gasteiger partial charge in [-0.1, -0.05) is 13.8 Å². The average Bonchev–Trinajstić information content (AvgIpc) is 2.11. The van der Waals surface area contributed by atoms with Crippen molar-refractivity contribution in [3.05, 3.63) is 10.4 Å². The SMILES string of the molecule is Cc1snc(O)c1C(C)C. The molecule has 0 spiro atoms. The fraction of sp³-hybridized carbons (Fsp3) is 0.571. The monoisotopic (exact) mass is 157 g/mol. The van der Waals surface area contributed by atoms with Crippen LogP contribution in [0.3, 0.4) is 0 Å². The molecule has 1 aromatic heterocycles. The molecule has 0 aliphatic heterocycles. The Kier molecular flexibility index (Phi) is 1.94. The number of hydrogen-bond acceptors (Lipinski definition) is 3. The molecule has 10 heavy (non-hydrogen) atoms. The van der Waals surface area contributed by atoms with Gasteiger partial charge in [0, 0.05) is 10.4 Å². The summed E-state index contributed by atoms with van der Waals surface area (Å²) in [5.41, 5.74) is 0.991. The molecule has 0 amide bonds. The Morgan fingerprint density at radius 1 is 1.50 bits per heavy atom. The van der Waals surface area contributed by atoms with E-state index in [0.29, 0.717) is 5.92 Å². The zero-order valence-electron chi connectivity index (χ0n) is 6.38. The molecule has 0 fully saturated rings. The number of hydrogen-bond donors (Lipinski definition) is 1. The molecule has 0 atom stereocenters. The van der Waals surface area contributed by atoms with E-state index in [-0.39, 0.29) is 5.88 Å². The van der Waals surface area contributed by atoms with Gasteiger partial charge in [-0.3, -0.25) is 0 Å². The minimum absolute atomic E-state index is 0.206. The van der Waals surface area contributed by atoms with E-state index in [2.05, 4.69) is 18.2 Å². The van der Waals surface area contributed by atoms with Crippen LogP contribution in [-0.4, -0.2) is 9.48 Å². The maximum absolute atomic E-state index is 9.20. The highest BCUT2D eigenvalue weighted by atomic mass is 32.1. The average molecular weight is 157 g/mol. The number of nitrogens with zero attached hydrogens (tertiary/aromatic N) is 1. The van der Waals surface area contributed by atoms with E-state index in [1.165, 1.54) is 11.5 Å². The third kappa shape index (κ3) is 1.14. The molecule has 0 aromatic carbocycles. The van der Waals surface area contributed by atoms with Crippen LogP contribution in [0.25, 0.3) is 0 Å². The van der Waals surface area contributed by atoms with Crippen LogP contribution in [0.2, 0.25) is 0 Å². The van der Waals surface area contributed by atoms with Crippen molar-refractivity contribution >= 4 is 11.5 Å². The molecule has 0 bridgehead atoms. The first-order valence-corrected chi connectivity index (χ1v) is 4.05. The van der Waals surface area contributed by atoms with Gasteiger partial charge >= 0.3 is 0 Å². The molecular weight excluding hydrogens is 146 g/mol. The molecule has 3 heteroatoms. The molecule has 0 saturated heterocycles. The van der Waals surface area contributed by atoms with Gasteiger partial charge in [0.25, 0.3) is 0 Å². The maximum Gasteiger partial charge on any atom is 0.226 e. The molecular formula is C7H11NOS. The normalized spacial score (nSPS) is 10.8. The summed E-state index contributed by atoms with van der Waals surface area (Å²) in [4.78, 5) is 1.12. The largest absolute Gasteiger partial charge is 0.492 e. The number of aromatic hydroxyl groups is 1. The molecule has 0 aliphatic carbocycles. The molecule has 1 N–H and O–H groups in total. The summed E-state index contributed by atoms with van der Waals surface area (Å²) in [6.07, 6.45) is 0. The molecule has 0 saturated carbocycles. The molecule has 2 nitrogen and oxygen atoms in total. The van der Waals surface area contributed by atoms with E-state index in [4.69, 9.17) is 0 Å². The zero-order valence-corrected chi connectivity index (χ0v) is 7.20. The second-order valence-corrected chi connectivity index (χ2v) is 3.61. The fourth-order valence-electron chi connectivity index (χ4n) is 1.03. The van der Waals surface area contributed by atoms with Crippen LogP contribution < -0.4 is 0 Å². The van der Waals surface area contributed by atoms with Gasteiger partial charge in [0.2, 0.25) is 5.88 Å². The minimum Gasteiger partial charge on any atom is -0.492 e. The summed E-state index contributed by atoms with van der Waals surface area (Å²) >= 11 is 1.36. The van der Waals surface area contributed by atoms with E-state index < -0.39 is 0 Å². The quantitative estimate of drug-likeness (QED) is 0.678. The third-order valence-corrected chi connectivity index (χ3v) is 2.22. The van der Waals surface area contributed by atoms with Crippen LogP contribution in [-0.2, 0) is 0 Å². The van der Waals surface area contributed by atoms with Crippen LogP contribution in [0.5, 0.6) is 5.88 Å². The summed E-state index contributed by atoms with van der Waals surface area (Å²) in [6.45, 7) is 6.08. The van der Waals surface area contributed by atoms with Gasteiger partial charge in [0.1, 0.15) is 0 Å². The topological polar surface area (TPSA) is 33.1 Å². The number of aryl methyl sites for hydroxylation is 1. The van der Waals surface area contributed by atoms with E-state index >= 15 is 0 Å². The van der Waals surface area contributed by atoms with Crippen molar-refractivity contribution in [2.45, 2.75) is 26.7 Å². The second kappa shape index (κ2) is 2.58. The molecule has 1 rings (SSSR count). The number of rotatable bonds is 1. The first-order chi connectivity index (χ1) is 4.63. The molecule has 56 valence electrons. The van der Waals surface area contributed by atoms with Crippen molar-refractivity contribution in [2.24, 2.45) is 0 Å². The molecule has 1 heterocycles. The van der Waals surface area contributed by atoms with Crippen LogP contribution in [0.1, 0.15) is 30.2 Å². The van der Waals surface area contributed by atoms with Crippen molar-refractivity contribution in [1.29, 1.82) is 0 Å². The van der Waals surface area contributed by atoms with Gasteiger partial charge in [-0.2, -0.15) is 4.37 Å². The first kappa shape index (κ1) is 7.54. The lowest BCUT2D eigenvalue weighted by molar-refractivity contribution is 0.449. The maximum atomic E-state index is 9.20. The van der Waals surface area contributed by atoms with Crippen molar-refractivity contribution in [3.8, 4) is 5.88 Å². The van der Waals surface area contributed by atoms with Crippen LogP contribution in [0.15, 0.2) is 0 Å². The lowest BCUT2D eigenvalue weighted by atomic mass is 10.1. The lowest BCUT2D eigenvalue weighted by Gasteiger charge is -2.01. The standard InChI is InChI=1S/C7H11NOS/c1-4(2)6-5(3)10-8-7(6)9/h4H,1-3H3,(H,8,9). The summed E-state index contributed by atoms with van der Waals surface area (Å²) in [7, 11) is 0. The van der Waals surface area contributed by atoms with Gasteiger partial charge in [0.05, 0.1) is 0 Å². The van der Waals surface area contributed by atoms with Gasteiger partial charge in [-0.25, -0.2) is 0 Å². The van der Waals surface area contributed by atoms with Crippen molar-refractivity contribution in [2.75, 3.05) is 0 Å². The van der Waals surface area contributed by atoms with Crippen molar-refractivity contribution in [3.63, 3.8) is 0 Å².